The van der Waals surface area contributed by atoms with Crippen LogP contribution < -0.4 is 0 Å². The van der Waals surface area contributed by atoms with Crippen molar-refractivity contribution in [2.75, 3.05) is 20.2 Å². The van der Waals surface area contributed by atoms with Crippen molar-refractivity contribution < 1.29 is 19.1 Å². The molecule has 0 atom stereocenters. The minimum absolute atomic E-state index is 0.150. The summed E-state index contributed by atoms with van der Waals surface area (Å²) in [5, 5.41) is 1.71. The van der Waals surface area contributed by atoms with Crippen LogP contribution in [-0.2, 0) is 9.53 Å². The zero-order valence-corrected chi connectivity index (χ0v) is 14.7. The highest BCUT2D eigenvalue weighted by molar-refractivity contribution is 7.12. The first-order chi connectivity index (χ1) is 11.5. The van der Waals surface area contributed by atoms with Crippen molar-refractivity contribution in [2.45, 2.75) is 13.8 Å². The van der Waals surface area contributed by atoms with Crippen LogP contribution in [0.2, 0.25) is 0 Å². The van der Waals surface area contributed by atoms with Crippen LogP contribution in [0.4, 0.5) is 0 Å². The number of carbonyl (C=O) groups excluding carboxylic acids is 3. The molecule has 1 heterocycles. The van der Waals surface area contributed by atoms with Crippen LogP contribution in [-0.4, -0.2) is 42.8 Å². The molecule has 2 aromatic rings. The van der Waals surface area contributed by atoms with Crippen molar-refractivity contribution in [1.29, 1.82) is 0 Å². The number of amides is 1. The number of likely N-dealkylation sites (N-methyl/N-ethyl adjacent to an activating group) is 1. The number of carbonyl (C=O) groups is 3. The molecule has 0 N–H and O–H groups in total. The maximum atomic E-state index is 12.7. The minimum atomic E-state index is -0.475. The third-order valence-electron chi connectivity index (χ3n) is 3.51. The van der Waals surface area contributed by atoms with E-state index in [1.54, 1.807) is 30.5 Å². The van der Waals surface area contributed by atoms with Crippen molar-refractivity contribution in [3.63, 3.8) is 0 Å². The summed E-state index contributed by atoms with van der Waals surface area (Å²) in [4.78, 5) is 38.4. The van der Waals surface area contributed by atoms with Crippen LogP contribution in [0.5, 0.6) is 0 Å². The number of thiophene rings is 1. The fraction of sp³-hybridized carbons (Fsp3) is 0.278. The van der Waals surface area contributed by atoms with E-state index < -0.39 is 5.97 Å². The molecule has 0 bridgehead atoms. The van der Waals surface area contributed by atoms with Crippen molar-refractivity contribution in [1.82, 2.24) is 4.90 Å². The van der Waals surface area contributed by atoms with Crippen LogP contribution in [0, 0.1) is 6.92 Å². The lowest BCUT2D eigenvalue weighted by atomic mass is 9.99. The number of rotatable bonds is 6. The number of hydrogen-bond donors (Lipinski definition) is 0. The molecule has 0 fully saturated rings. The molecular formula is C18H19NO4S. The van der Waals surface area contributed by atoms with Crippen LogP contribution in [0.1, 0.15) is 38.1 Å². The molecule has 0 aliphatic carbocycles. The maximum Gasteiger partial charge on any atom is 0.325 e. The van der Waals surface area contributed by atoms with Gasteiger partial charge in [-0.05, 0) is 30.9 Å². The monoisotopic (exact) mass is 345 g/mol. The molecule has 2 rings (SSSR count). The van der Waals surface area contributed by atoms with E-state index >= 15 is 0 Å². The lowest BCUT2D eigenvalue weighted by Gasteiger charge is -2.16. The van der Waals surface area contributed by atoms with Crippen molar-refractivity contribution in [3.8, 4) is 0 Å². The molecule has 0 spiro atoms. The lowest BCUT2D eigenvalue weighted by Crippen LogP contribution is -2.33. The van der Waals surface area contributed by atoms with Gasteiger partial charge in [0.25, 0.3) is 5.91 Å². The molecule has 0 radical (unpaired) electrons. The fourth-order valence-corrected chi connectivity index (χ4v) is 3.16. The standard InChI is InChI=1S/C18H19NO4S/c1-4-23-15(20)11-19(3)18(22)17-14(9-10-24-17)16(21)13-8-6-5-7-12(13)2/h5-10H,4,11H2,1-3H3. The van der Waals surface area contributed by atoms with Crippen molar-refractivity contribution in [2.24, 2.45) is 0 Å². The summed E-state index contributed by atoms with van der Waals surface area (Å²) in [5.74, 6) is -1.03. The van der Waals surface area contributed by atoms with Crippen molar-refractivity contribution in [3.05, 3.63) is 57.3 Å². The second kappa shape index (κ2) is 7.88. The van der Waals surface area contributed by atoms with Crippen LogP contribution in [0.25, 0.3) is 0 Å². The van der Waals surface area contributed by atoms with Gasteiger partial charge in [-0.1, -0.05) is 24.3 Å². The van der Waals surface area contributed by atoms with Gasteiger partial charge in [0.15, 0.2) is 5.78 Å². The van der Waals surface area contributed by atoms with Gasteiger partial charge < -0.3 is 9.64 Å². The molecule has 0 aliphatic rings. The van der Waals surface area contributed by atoms with E-state index in [9.17, 15) is 14.4 Å². The predicted molar refractivity (Wildman–Crippen MR) is 92.5 cm³/mol. The van der Waals surface area contributed by atoms with Gasteiger partial charge in [-0.15, -0.1) is 11.3 Å². The van der Waals surface area contributed by atoms with Gasteiger partial charge in [-0.25, -0.2) is 0 Å². The largest absolute Gasteiger partial charge is 0.465 e. The van der Waals surface area contributed by atoms with Crippen LogP contribution in [0.15, 0.2) is 35.7 Å². The third-order valence-corrected chi connectivity index (χ3v) is 4.41. The van der Waals surface area contributed by atoms with Gasteiger partial charge in [0.1, 0.15) is 11.4 Å². The first kappa shape index (κ1) is 17.9. The second-order valence-corrected chi connectivity index (χ2v) is 6.19. The molecule has 0 saturated heterocycles. The normalized spacial score (nSPS) is 10.3. The molecule has 5 nitrogen and oxygen atoms in total. The number of nitrogens with zero attached hydrogens (tertiary/aromatic N) is 1. The molecule has 1 amide bonds. The highest BCUT2D eigenvalue weighted by atomic mass is 32.1. The minimum Gasteiger partial charge on any atom is -0.465 e. The average molecular weight is 345 g/mol. The quantitative estimate of drug-likeness (QED) is 0.596. The Bertz CT molecular complexity index is 766. The van der Waals surface area contributed by atoms with E-state index in [0.29, 0.717) is 16.0 Å². The van der Waals surface area contributed by atoms with E-state index in [0.717, 1.165) is 5.56 Å². The fourth-order valence-electron chi connectivity index (χ4n) is 2.27. The Kier molecular flexibility index (Phi) is 5.87. The Labute approximate surface area is 144 Å². The Morgan fingerprint density at radius 2 is 1.83 bits per heavy atom. The highest BCUT2D eigenvalue weighted by Gasteiger charge is 2.24. The molecule has 1 aromatic carbocycles. The first-order valence-electron chi connectivity index (χ1n) is 7.54. The summed E-state index contributed by atoms with van der Waals surface area (Å²) in [7, 11) is 1.51. The Morgan fingerprint density at radius 1 is 1.12 bits per heavy atom. The van der Waals surface area contributed by atoms with Gasteiger partial charge in [-0.3, -0.25) is 14.4 Å². The van der Waals surface area contributed by atoms with Gasteiger partial charge in [0.05, 0.1) is 6.61 Å². The van der Waals surface area contributed by atoms with E-state index in [-0.39, 0.29) is 24.8 Å². The first-order valence-corrected chi connectivity index (χ1v) is 8.42. The van der Waals surface area contributed by atoms with Gasteiger partial charge in [0, 0.05) is 18.2 Å². The number of hydrogen-bond acceptors (Lipinski definition) is 5. The van der Waals surface area contributed by atoms with Crippen molar-refractivity contribution >= 4 is 29.0 Å². The molecule has 0 unspecified atom stereocenters. The highest BCUT2D eigenvalue weighted by Crippen LogP contribution is 2.23. The van der Waals surface area contributed by atoms with Crippen LogP contribution in [0.3, 0.4) is 0 Å². The third kappa shape index (κ3) is 3.89. The summed E-state index contributed by atoms with van der Waals surface area (Å²) in [6.45, 7) is 3.67. The Morgan fingerprint density at radius 3 is 2.50 bits per heavy atom. The summed E-state index contributed by atoms with van der Waals surface area (Å²) in [5.41, 5.74) is 1.78. The topological polar surface area (TPSA) is 63.7 Å². The van der Waals surface area contributed by atoms with Gasteiger partial charge in [-0.2, -0.15) is 0 Å². The number of esters is 1. The van der Waals surface area contributed by atoms with Crippen LogP contribution >= 0.6 is 11.3 Å². The number of ketones is 1. The number of aryl methyl sites for hydroxylation is 1. The SMILES string of the molecule is CCOC(=O)CN(C)C(=O)c1sccc1C(=O)c1ccccc1C. The Hall–Kier alpha value is -2.47. The van der Waals surface area contributed by atoms with E-state index in [1.165, 1.54) is 23.3 Å². The molecule has 0 saturated carbocycles. The van der Waals surface area contributed by atoms with E-state index in [2.05, 4.69) is 0 Å². The van der Waals surface area contributed by atoms with E-state index in [4.69, 9.17) is 4.74 Å². The molecule has 126 valence electrons. The molecule has 6 heteroatoms. The Balaban J connectivity index is 2.24. The average Bonchev–Trinajstić information content (AvgIpc) is 3.03. The zero-order valence-electron chi connectivity index (χ0n) is 13.9. The lowest BCUT2D eigenvalue weighted by molar-refractivity contribution is -0.143. The maximum absolute atomic E-state index is 12.7. The molecule has 1 aromatic heterocycles. The van der Waals surface area contributed by atoms with E-state index in [1.807, 2.05) is 19.1 Å². The van der Waals surface area contributed by atoms with Gasteiger partial charge >= 0.3 is 5.97 Å². The second-order valence-electron chi connectivity index (χ2n) is 5.27. The summed E-state index contributed by atoms with van der Waals surface area (Å²) >= 11 is 1.19. The molecular weight excluding hydrogens is 326 g/mol. The molecule has 0 aliphatic heterocycles. The summed E-state index contributed by atoms with van der Waals surface area (Å²) < 4.78 is 4.85. The summed E-state index contributed by atoms with van der Waals surface area (Å²) in [6, 6.07) is 8.89. The number of ether oxygens (including phenoxy) is 1. The predicted octanol–water partition coefficient (Wildman–Crippen LogP) is 2.92. The van der Waals surface area contributed by atoms with Gasteiger partial charge in [0.2, 0.25) is 0 Å². The molecule has 24 heavy (non-hydrogen) atoms. The summed E-state index contributed by atoms with van der Waals surface area (Å²) in [6.07, 6.45) is 0. The smallest absolute Gasteiger partial charge is 0.325 e. The zero-order chi connectivity index (χ0) is 17.7. The number of benzene rings is 1.